The van der Waals surface area contributed by atoms with Crippen molar-refractivity contribution in [3.05, 3.63) is 34.9 Å². The number of hydrogen-bond acceptors (Lipinski definition) is 1. The third kappa shape index (κ3) is 2.28. The molecule has 18 heavy (non-hydrogen) atoms. The summed E-state index contributed by atoms with van der Waals surface area (Å²) in [6.45, 7) is 2.35. The third-order valence-corrected chi connectivity index (χ3v) is 4.27. The molecule has 3 heteroatoms. The maximum Gasteiger partial charge on any atom is 0.162 e. The molecule has 0 bridgehead atoms. The zero-order valence-corrected chi connectivity index (χ0v) is 10.9. The Bertz CT molecular complexity index is 423. The first-order chi connectivity index (χ1) is 8.63. The first-order valence-corrected chi connectivity index (χ1v) is 6.81. The van der Waals surface area contributed by atoms with E-state index in [4.69, 9.17) is 5.73 Å². The van der Waals surface area contributed by atoms with Gasteiger partial charge in [0.05, 0.1) is 0 Å². The summed E-state index contributed by atoms with van der Waals surface area (Å²) in [6, 6.07) is 3.11. The van der Waals surface area contributed by atoms with Crippen LogP contribution in [0, 0.1) is 11.6 Å². The van der Waals surface area contributed by atoms with Crippen LogP contribution in [-0.4, -0.2) is 6.54 Å². The van der Waals surface area contributed by atoms with Gasteiger partial charge in [-0.15, -0.1) is 0 Å². The van der Waals surface area contributed by atoms with Crippen LogP contribution in [0.4, 0.5) is 8.78 Å². The van der Waals surface area contributed by atoms with Gasteiger partial charge in [-0.2, -0.15) is 0 Å². The van der Waals surface area contributed by atoms with Crippen LogP contribution in [0.5, 0.6) is 0 Å². The Morgan fingerprint density at radius 2 is 1.83 bits per heavy atom. The van der Waals surface area contributed by atoms with Crippen molar-refractivity contribution in [2.75, 3.05) is 6.54 Å². The quantitative estimate of drug-likeness (QED) is 0.873. The highest BCUT2D eigenvalue weighted by Crippen LogP contribution is 2.40. The molecule has 1 saturated carbocycles. The van der Waals surface area contributed by atoms with E-state index in [9.17, 15) is 8.78 Å². The molecule has 0 aromatic heterocycles. The molecule has 1 aliphatic rings. The van der Waals surface area contributed by atoms with Crippen LogP contribution in [0.1, 0.15) is 50.2 Å². The first-order valence-electron chi connectivity index (χ1n) is 6.81. The highest BCUT2D eigenvalue weighted by molar-refractivity contribution is 5.33. The lowest BCUT2D eigenvalue weighted by atomic mass is 9.69. The van der Waals surface area contributed by atoms with Gasteiger partial charge in [0.1, 0.15) is 0 Å². The van der Waals surface area contributed by atoms with Crippen LogP contribution in [0.15, 0.2) is 12.1 Å². The van der Waals surface area contributed by atoms with Crippen LogP contribution < -0.4 is 5.73 Å². The second-order valence-electron chi connectivity index (χ2n) is 5.34. The lowest BCUT2D eigenvalue weighted by Gasteiger charge is -2.37. The molecule has 0 atom stereocenters. The summed E-state index contributed by atoms with van der Waals surface area (Å²) in [7, 11) is 0. The van der Waals surface area contributed by atoms with Crippen molar-refractivity contribution < 1.29 is 8.78 Å². The number of aryl methyl sites for hydroxylation is 1. The zero-order valence-electron chi connectivity index (χ0n) is 10.9. The van der Waals surface area contributed by atoms with Gasteiger partial charge >= 0.3 is 0 Å². The van der Waals surface area contributed by atoms with E-state index in [1.807, 2.05) is 13.0 Å². The minimum absolute atomic E-state index is 0.353. The normalized spacial score (nSPS) is 18.9. The van der Waals surface area contributed by atoms with Crippen molar-refractivity contribution in [1.29, 1.82) is 0 Å². The third-order valence-electron chi connectivity index (χ3n) is 4.27. The summed E-state index contributed by atoms with van der Waals surface area (Å²) >= 11 is 0. The molecule has 0 spiro atoms. The largest absolute Gasteiger partial charge is 0.330 e. The first kappa shape index (κ1) is 13.5. The number of rotatable bonds is 3. The SMILES string of the molecule is CCc1cc(F)c(F)c(C2(CN)CCCCC2)c1. The Morgan fingerprint density at radius 1 is 1.17 bits per heavy atom. The molecule has 0 amide bonds. The van der Waals surface area contributed by atoms with Crippen LogP contribution in [0.3, 0.4) is 0 Å². The molecule has 1 fully saturated rings. The van der Waals surface area contributed by atoms with E-state index in [1.165, 1.54) is 12.5 Å². The molecule has 1 aromatic carbocycles. The average Bonchev–Trinajstić information content (AvgIpc) is 2.42. The number of nitrogens with two attached hydrogens (primary N) is 1. The van der Waals surface area contributed by atoms with E-state index >= 15 is 0 Å². The highest BCUT2D eigenvalue weighted by atomic mass is 19.2. The molecule has 2 rings (SSSR count). The standard InChI is InChI=1S/C15H21F2N/c1-2-11-8-12(14(17)13(16)9-11)15(10-18)6-4-3-5-7-15/h8-9H,2-7,10,18H2,1H3. The molecule has 0 saturated heterocycles. The van der Waals surface area contributed by atoms with E-state index in [0.29, 0.717) is 18.5 Å². The summed E-state index contributed by atoms with van der Waals surface area (Å²) < 4.78 is 27.8. The molecule has 0 aliphatic heterocycles. The van der Waals surface area contributed by atoms with E-state index in [0.717, 1.165) is 31.2 Å². The van der Waals surface area contributed by atoms with Gasteiger partial charge in [-0.05, 0) is 36.5 Å². The second kappa shape index (κ2) is 5.35. The van der Waals surface area contributed by atoms with E-state index < -0.39 is 11.6 Å². The van der Waals surface area contributed by atoms with E-state index in [1.54, 1.807) is 0 Å². The molecule has 1 aliphatic carbocycles. The Labute approximate surface area is 107 Å². The smallest absolute Gasteiger partial charge is 0.162 e. The summed E-state index contributed by atoms with van der Waals surface area (Å²) in [6.07, 6.45) is 5.72. The van der Waals surface area contributed by atoms with Gasteiger partial charge in [0.15, 0.2) is 11.6 Å². The summed E-state index contributed by atoms with van der Waals surface area (Å²) in [5.41, 5.74) is 6.89. The molecule has 0 radical (unpaired) electrons. The topological polar surface area (TPSA) is 26.0 Å². The fourth-order valence-electron chi connectivity index (χ4n) is 3.05. The minimum atomic E-state index is -0.734. The van der Waals surface area contributed by atoms with E-state index in [2.05, 4.69) is 0 Å². The maximum absolute atomic E-state index is 14.1. The fourth-order valence-corrected chi connectivity index (χ4v) is 3.05. The summed E-state index contributed by atoms with van der Waals surface area (Å²) in [5, 5.41) is 0. The molecule has 100 valence electrons. The molecule has 2 N–H and O–H groups in total. The lowest BCUT2D eigenvalue weighted by Crippen LogP contribution is -2.38. The summed E-state index contributed by atoms with van der Waals surface area (Å²) in [5.74, 6) is -1.43. The number of hydrogen-bond donors (Lipinski definition) is 1. The average molecular weight is 253 g/mol. The van der Waals surface area contributed by atoms with Crippen LogP contribution in [0.25, 0.3) is 0 Å². The Morgan fingerprint density at radius 3 is 2.39 bits per heavy atom. The summed E-state index contributed by atoms with van der Waals surface area (Å²) in [4.78, 5) is 0. The number of halogens is 2. The molecule has 1 aromatic rings. The van der Waals surface area contributed by atoms with Gasteiger partial charge in [-0.3, -0.25) is 0 Å². The van der Waals surface area contributed by atoms with E-state index in [-0.39, 0.29) is 5.41 Å². The predicted octanol–water partition coefficient (Wildman–Crippen LogP) is 3.69. The van der Waals surface area contributed by atoms with Gasteiger partial charge in [0.25, 0.3) is 0 Å². The van der Waals surface area contributed by atoms with Crippen molar-refractivity contribution in [2.45, 2.75) is 50.9 Å². The van der Waals surface area contributed by atoms with Crippen molar-refractivity contribution in [1.82, 2.24) is 0 Å². The van der Waals surface area contributed by atoms with Gasteiger partial charge in [-0.25, -0.2) is 8.78 Å². The highest BCUT2D eigenvalue weighted by Gasteiger charge is 2.35. The zero-order chi connectivity index (χ0) is 13.2. The van der Waals surface area contributed by atoms with Gasteiger partial charge in [0.2, 0.25) is 0 Å². The van der Waals surface area contributed by atoms with Crippen LogP contribution in [-0.2, 0) is 11.8 Å². The van der Waals surface area contributed by atoms with Crippen molar-refractivity contribution >= 4 is 0 Å². The Balaban J connectivity index is 2.50. The van der Waals surface area contributed by atoms with Crippen molar-refractivity contribution in [3.63, 3.8) is 0 Å². The molecular weight excluding hydrogens is 232 g/mol. The number of benzene rings is 1. The molecule has 0 heterocycles. The van der Waals surface area contributed by atoms with Crippen molar-refractivity contribution in [2.24, 2.45) is 5.73 Å². The van der Waals surface area contributed by atoms with Gasteiger partial charge in [0, 0.05) is 12.0 Å². The van der Waals surface area contributed by atoms with Crippen LogP contribution in [0.2, 0.25) is 0 Å². The van der Waals surface area contributed by atoms with Gasteiger partial charge in [-0.1, -0.05) is 32.3 Å². The Kier molecular flexibility index (Phi) is 4.00. The predicted molar refractivity (Wildman–Crippen MR) is 69.6 cm³/mol. The molecule has 1 nitrogen and oxygen atoms in total. The van der Waals surface area contributed by atoms with Gasteiger partial charge < -0.3 is 5.73 Å². The maximum atomic E-state index is 14.1. The monoisotopic (exact) mass is 253 g/mol. The second-order valence-corrected chi connectivity index (χ2v) is 5.34. The van der Waals surface area contributed by atoms with Crippen LogP contribution >= 0.6 is 0 Å². The molecule has 0 unspecified atom stereocenters. The minimum Gasteiger partial charge on any atom is -0.330 e. The fraction of sp³-hybridized carbons (Fsp3) is 0.600. The molecular formula is C15H21F2N. The van der Waals surface area contributed by atoms with Crippen molar-refractivity contribution in [3.8, 4) is 0 Å². The lowest BCUT2D eigenvalue weighted by molar-refractivity contribution is 0.288. The Hall–Kier alpha value is -0.960.